The number of carbonyl (C=O) groups excluding carboxylic acids is 1. The lowest BCUT2D eigenvalue weighted by atomic mass is 10.2. The number of fused-ring (bicyclic) bond motifs is 1. The van der Waals surface area contributed by atoms with Crippen molar-refractivity contribution in [1.29, 1.82) is 0 Å². The number of aryl methyl sites for hydroxylation is 2. The number of sulfone groups is 1. The van der Waals surface area contributed by atoms with Gasteiger partial charge in [-0.3, -0.25) is 4.79 Å². The standard InChI is InChI=1S/C18H17ClN2O3S2/c1-3-21-15-9-6-13(19)10-16(15)25-18(21)20-17(22)11-26(23,24)14-7-4-12(2)5-8-14/h4-10H,3,11H2,1-2H3. The molecule has 3 rings (SSSR count). The molecule has 8 heteroatoms. The number of hydrogen-bond donors (Lipinski definition) is 0. The minimum Gasteiger partial charge on any atom is -0.317 e. The van der Waals surface area contributed by atoms with Gasteiger partial charge in [-0.15, -0.1) is 0 Å². The van der Waals surface area contributed by atoms with Crippen molar-refractivity contribution in [3.63, 3.8) is 0 Å². The van der Waals surface area contributed by atoms with E-state index in [1.807, 2.05) is 24.5 Å². The number of halogens is 1. The van der Waals surface area contributed by atoms with Crippen molar-refractivity contribution in [2.75, 3.05) is 5.75 Å². The van der Waals surface area contributed by atoms with Gasteiger partial charge < -0.3 is 4.57 Å². The third-order valence-corrected chi connectivity index (χ3v) is 6.77. The van der Waals surface area contributed by atoms with Crippen LogP contribution in [0.5, 0.6) is 0 Å². The first kappa shape index (κ1) is 18.8. The van der Waals surface area contributed by atoms with E-state index in [0.29, 0.717) is 16.4 Å². The molecule has 1 aromatic heterocycles. The lowest BCUT2D eigenvalue weighted by Gasteiger charge is -2.03. The summed E-state index contributed by atoms with van der Waals surface area (Å²) >= 11 is 7.33. The van der Waals surface area contributed by atoms with Crippen LogP contribution in [0.2, 0.25) is 5.02 Å². The smallest absolute Gasteiger partial charge is 0.263 e. The maximum Gasteiger partial charge on any atom is 0.263 e. The number of benzene rings is 2. The maximum absolute atomic E-state index is 12.4. The molecule has 0 aliphatic heterocycles. The zero-order valence-corrected chi connectivity index (χ0v) is 16.7. The van der Waals surface area contributed by atoms with Crippen LogP contribution in [0.25, 0.3) is 10.2 Å². The quantitative estimate of drug-likeness (QED) is 0.662. The number of amides is 1. The number of carbonyl (C=O) groups is 1. The molecule has 0 saturated heterocycles. The van der Waals surface area contributed by atoms with Gasteiger partial charge in [0.25, 0.3) is 5.91 Å². The highest BCUT2D eigenvalue weighted by Gasteiger charge is 2.19. The number of nitrogens with zero attached hydrogens (tertiary/aromatic N) is 2. The van der Waals surface area contributed by atoms with Gasteiger partial charge in [0.05, 0.1) is 15.1 Å². The van der Waals surface area contributed by atoms with E-state index in [0.717, 1.165) is 15.8 Å². The second kappa shape index (κ2) is 7.34. The molecule has 0 atom stereocenters. The fourth-order valence-electron chi connectivity index (χ4n) is 2.57. The Morgan fingerprint density at radius 2 is 1.88 bits per heavy atom. The SMILES string of the molecule is CCn1c(=NC(=O)CS(=O)(=O)c2ccc(C)cc2)sc2cc(Cl)ccc21. The molecule has 2 aromatic carbocycles. The number of aromatic nitrogens is 1. The molecule has 0 aliphatic rings. The van der Waals surface area contributed by atoms with Crippen LogP contribution >= 0.6 is 22.9 Å². The second-order valence-corrected chi connectivity index (χ2v) is 9.25. The molecule has 0 bridgehead atoms. The highest BCUT2D eigenvalue weighted by atomic mass is 35.5. The van der Waals surface area contributed by atoms with Gasteiger partial charge in [0.15, 0.2) is 14.6 Å². The third kappa shape index (κ3) is 3.90. The molecule has 0 saturated carbocycles. The van der Waals surface area contributed by atoms with Gasteiger partial charge in [-0.2, -0.15) is 4.99 Å². The molecule has 0 spiro atoms. The van der Waals surface area contributed by atoms with E-state index >= 15 is 0 Å². The van der Waals surface area contributed by atoms with Crippen LogP contribution in [0.3, 0.4) is 0 Å². The summed E-state index contributed by atoms with van der Waals surface area (Å²) in [5.74, 6) is -1.35. The summed E-state index contributed by atoms with van der Waals surface area (Å²) in [7, 11) is -3.72. The Morgan fingerprint density at radius 3 is 2.54 bits per heavy atom. The van der Waals surface area contributed by atoms with Crippen molar-refractivity contribution < 1.29 is 13.2 Å². The predicted molar refractivity (Wildman–Crippen MR) is 104 cm³/mol. The van der Waals surface area contributed by atoms with Crippen LogP contribution in [0.15, 0.2) is 52.4 Å². The van der Waals surface area contributed by atoms with Crippen LogP contribution < -0.4 is 4.80 Å². The van der Waals surface area contributed by atoms with Crippen molar-refractivity contribution in [3.05, 3.63) is 57.9 Å². The molecule has 0 radical (unpaired) electrons. The van der Waals surface area contributed by atoms with E-state index in [4.69, 9.17) is 11.6 Å². The molecule has 0 unspecified atom stereocenters. The van der Waals surface area contributed by atoms with E-state index in [9.17, 15) is 13.2 Å². The molecule has 0 fully saturated rings. The number of hydrogen-bond acceptors (Lipinski definition) is 4. The summed E-state index contributed by atoms with van der Waals surface area (Å²) in [6, 6.07) is 11.9. The lowest BCUT2D eigenvalue weighted by Crippen LogP contribution is -2.20. The van der Waals surface area contributed by atoms with E-state index in [-0.39, 0.29) is 4.90 Å². The monoisotopic (exact) mass is 408 g/mol. The zero-order valence-electron chi connectivity index (χ0n) is 14.3. The molecular weight excluding hydrogens is 392 g/mol. The fourth-order valence-corrected chi connectivity index (χ4v) is 5.06. The molecule has 0 N–H and O–H groups in total. The molecule has 136 valence electrons. The van der Waals surface area contributed by atoms with Crippen LogP contribution in [0.4, 0.5) is 0 Å². The van der Waals surface area contributed by atoms with Gasteiger partial charge in [0, 0.05) is 11.6 Å². The van der Waals surface area contributed by atoms with Crippen molar-refractivity contribution in [1.82, 2.24) is 4.57 Å². The molecule has 0 aliphatic carbocycles. The Kier molecular flexibility index (Phi) is 5.32. The third-order valence-electron chi connectivity index (χ3n) is 3.87. The Morgan fingerprint density at radius 1 is 1.19 bits per heavy atom. The van der Waals surface area contributed by atoms with E-state index in [1.165, 1.54) is 23.5 Å². The second-order valence-electron chi connectivity index (χ2n) is 5.82. The van der Waals surface area contributed by atoms with E-state index < -0.39 is 21.5 Å². The average molecular weight is 409 g/mol. The van der Waals surface area contributed by atoms with Crippen molar-refractivity contribution in [3.8, 4) is 0 Å². The predicted octanol–water partition coefficient (Wildman–Crippen LogP) is 3.59. The van der Waals surface area contributed by atoms with Crippen molar-refractivity contribution in [2.45, 2.75) is 25.3 Å². The molecule has 5 nitrogen and oxygen atoms in total. The first-order chi connectivity index (χ1) is 12.3. The van der Waals surface area contributed by atoms with Crippen LogP contribution in [-0.4, -0.2) is 24.6 Å². The zero-order chi connectivity index (χ0) is 18.9. The van der Waals surface area contributed by atoms with Gasteiger partial charge in [-0.05, 0) is 44.2 Å². The summed E-state index contributed by atoms with van der Waals surface area (Å²) in [4.78, 5) is 16.9. The summed E-state index contributed by atoms with van der Waals surface area (Å²) in [6.45, 7) is 4.42. The number of thiazole rings is 1. The van der Waals surface area contributed by atoms with Gasteiger partial charge in [-0.25, -0.2) is 8.42 Å². The molecule has 26 heavy (non-hydrogen) atoms. The maximum atomic E-state index is 12.4. The highest BCUT2D eigenvalue weighted by Crippen LogP contribution is 2.22. The Hall–Kier alpha value is -1.96. The normalized spacial score (nSPS) is 12.7. The minimum atomic E-state index is -3.72. The molecule has 1 heterocycles. The minimum absolute atomic E-state index is 0.123. The largest absolute Gasteiger partial charge is 0.317 e. The van der Waals surface area contributed by atoms with Gasteiger partial charge in [0.1, 0.15) is 5.75 Å². The topological polar surface area (TPSA) is 68.5 Å². The fraction of sp³-hybridized carbons (Fsp3) is 0.222. The van der Waals surface area contributed by atoms with Gasteiger partial charge in [-0.1, -0.05) is 40.6 Å². The van der Waals surface area contributed by atoms with Crippen LogP contribution in [-0.2, 0) is 21.2 Å². The van der Waals surface area contributed by atoms with E-state index in [1.54, 1.807) is 24.3 Å². The van der Waals surface area contributed by atoms with Crippen LogP contribution in [0.1, 0.15) is 12.5 Å². The summed E-state index contributed by atoms with van der Waals surface area (Å²) in [5, 5.41) is 0.599. The van der Waals surface area contributed by atoms with Gasteiger partial charge in [0.2, 0.25) is 0 Å². The Labute approximate surface area is 160 Å². The Balaban J connectivity index is 1.96. The van der Waals surface area contributed by atoms with Gasteiger partial charge >= 0.3 is 0 Å². The molecule has 3 aromatic rings. The van der Waals surface area contributed by atoms with E-state index in [2.05, 4.69) is 4.99 Å². The molecular formula is C18H17ClN2O3S2. The van der Waals surface area contributed by atoms with Crippen LogP contribution in [0, 0.1) is 6.92 Å². The summed E-state index contributed by atoms with van der Waals surface area (Å²) in [6.07, 6.45) is 0. The lowest BCUT2D eigenvalue weighted by molar-refractivity contribution is -0.115. The number of rotatable bonds is 4. The molecule has 1 amide bonds. The Bertz CT molecular complexity index is 1140. The first-order valence-electron chi connectivity index (χ1n) is 7.96. The highest BCUT2D eigenvalue weighted by molar-refractivity contribution is 7.92. The summed E-state index contributed by atoms with van der Waals surface area (Å²) < 4.78 is 27.6. The van der Waals surface area contributed by atoms with Crippen molar-refractivity contribution in [2.24, 2.45) is 4.99 Å². The average Bonchev–Trinajstić information content (AvgIpc) is 2.90. The van der Waals surface area contributed by atoms with Crippen molar-refractivity contribution >= 4 is 48.9 Å². The summed E-state index contributed by atoms with van der Waals surface area (Å²) in [5.41, 5.74) is 1.86. The first-order valence-corrected chi connectivity index (χ1v) is 10.8.